The van der Waals surface area contributed by atoms with Crippen molar-refractivity contribution in [1.82, 2.24) is 0 Å². The molecular weight excluding hydrogens is 276 g/mol. The second-order valence-electron chi connectivity index (χ2n) is 5.19. The van der Waals surface area contributed by atoms with E-state index in [1.54, 1.807) is 18.2 Å². The summed E-state index contributed by atoms with van der Waals surface area (Å²) in [5.74, 6) is -2.66. The van der Waals surface area contributed by atoms with Crippen LogP contribution in [0.3, 0.4) is 0 Å². The summed E-state index contributed by atoms with van der Waals surface area (Å²) in [6.45, 7) is -0.118. The molecule has 104 valence electrons. The first-order chi connectivity index (χ1) is 10.1. The number of rotatable bonds is 0. The summed E-state index contributed by atoms with van der Waals surface area (Å²) in [4.78, 5) is 26.1. The third kappa shape index (κ3) is 1.51. The van der Waals surface area contributed by atoms with E-state index in [-0.39, 0.29) is 35.8 Å². The summed E-state index contributed by atoms with van der Waals surface area (Å²) in [5.41, 5.74) is 1.70. The number of nitrogens with zero attached hydrogens (tertiary/aromatic N) is 1. The molecule has 0 radical (unpaired) electrons. The normalized spacial score (nSPS) is 15.8. The fourth-order valence-electron chi connectivity index (χ4n) is 3.05. The molecule has 4 rings (SSSR count). The summed E-state index contributed by atoms with van der Waals surface area (Å²) in [5, 5.41) is 0. The smallest absolute Gasteiger partial charge is 0.231 e. The molecule has 0 spiro atoms. The monoisotopic (exact) mass is 285 g/mol. The summed E-state index contributed by atoms with van der Waals surface area (Å²) >= 11 is 0. The Kier molecular flexibility index (Phi) is 2.31. The van der Waals surface area contributed by atoms with Gasteiger partial charge < -0.3 is 4.90 Å². The number of para-hydroxylation sites is 1. The Bertz CT molecular complexity index is 829. The first-order valence-corrected chi connectivity index (χ1v) is 6.52. The lowest BCUT2D eigenvalue weighted by atomic mass is 9.97. The molecule has 2 aromatic carbocycles. The molecule has 0 saturated carbocycles. The fourth-order valence-corrected chi connectivity index (χ4v) is 3.05. The van der Waals surface area contributed by atoms with E-state index in [1.807, 2.05) is 0 Å². The highest BCUT2D eigenvalue weighted by atomic mass is 19.2. The molecule has 3 nitrogen and oxygen atoms in total. The average Bonchev–Trinajstić information content (AvgIpc) is 2.71. The van der Waals surface area contributed by atoms with Crippen molar-refractivity contribution < 1.29 is 18.4 Å². The van der Waals surface area contributed by atoms with Crippen LogP contribution in [0.15, 0.2) is 30.3 Å². The average molecular weight is 285 g/mol. The quantitative estimate of drug-likeness (QED) is 0.746. The first kappa shape index (κ1) is 12.2. The maximum absolute atomic E-state index is 14.0. The summed E-state index contributed by atoms with van der Waals surface area (Å²) in [7, 11) is 0. The van der Waals surface area contributed by atoms with Crippen molar-refractivity contribution in [2.45, 2.75) is 13.0 Å². The molecule has 0 fully saturated rings. The topological polar surface area (TPSA) is 37.4 Å². The highest BCUT2D eigenvalue weighted by Gasteiger charge is 2.36. The van der Waals surface area contributed by atoms with E-state index in [4.69, 9.17) is 0 Å². The maximum atomic E-state index is 14.0. The van der Waals surface area contributed by atoms with E-state index in [1.165, 1.54) is 11.0 Å². The van der Waals surface area contributed by atoms with Crippen LogP contribution in [0.5, 0.6) is 0 Å². The van der Waals surface area contributed by atoms with Gasteiger partial charge >= 0.3 is 0 Å². The molecule has 2 heterocycles. The molecule has 0 atom stereocenters. The Hall–Kier alpha value is -2.56. The van der Waals surface area contributed by atoms with Crippen LogP contribution in [0, 0.1) is 11.6 Å². The van der Waals surface area contributed by atoms with Crippen molar-refractivity contribution in [2.24, 2.45) is 0 Å². The largest absolute Gasteiger partial charge is 0.307 e. The third-order valence-corrected chi connectivity index (χ3v) is 4.03. The van der Waals surface area contributed by atoms with Crippen LogP contribution >= 0.6 is 0 Å². The zero-order chi connectivity index (χ0) is 14.7. The number of carbonyl (C=O) groups is 2. The van der Waals surface area contributed by atoms with E-state index in [0.29, 0.717) is 11.3 Å². The summed E-state index contributed by atoms with van der Waals surface area (Å²) in [6, 6.07) is 7.31. The molecule has 0 N–H and O–H groups in total. The minimum absolute atomic E-state index is 0.0580. The van der Waals surface area contributed by atoms with Crippen LogP contribution in [0.2, 0.25) is 0 Å². The van der Waals surface area contributed by atoms with Crippen molar-refractivity contribution in [2.75, 3.05) is 4.90 Å². The van der Waals surface area contributed by atoms with Gasteiger partial charge in [-0.2, -0.15) is 0 Å². The van der Waals surface area contributed by atoms with Crippen LogP contribution < -0.4 is 4.90 Å². The van der Waals surface area contributed by atoms with Gasteiger partial charge in [0.25, 0.3) is 0 Å². The van der Waals surface area contributed by atoms with Crippen molar-refractivity contribution >= 4 is 17.4 Å². The Balaban J connectivity index is 2.05. The van der Waals surface area contributed by atoms with Gasteiger partial charge in [0, 0.05) is 16.7 Å². The van der Waals surface area contributed by atoms with Crippen molar-refractivity contribution in [3.8, 4) is 0 Å². The molecule has 0 aliphatic carbocycles. The van der Waals surface area contributed by atoms with Crippen LogP contribution in [-0.2, 0) is 17.8 Å². The summed E-state index contributed by atoms with van der Waals surface area (Å²) < 4.78 is 27.5. The van der Waals surface area contributed by atoms with E-state index in [0.717, 1.165) is 11.6 Å². The second-order valence-corrected chi connectivity index (χ2v) is 5.19. The van der Waals surface area contributed by atoms with Gasteiger partial charge in [-0.05, 0) is 23.8 Å². The highest BCUT2D eigenvalue weighted by Crippen LogP contribution is 2.38. The SMILES string of the molecule is O=C1c2ccc(F)c(F)c2CN2C(=O)Cc3cccc1c32. The predicted octanol–water partition coefficient (Wildman–Crippen LogP) is 2.60. The Morgan fingerprint density at radius 2 is 1.81 bits per heavy atom. The molecule has 0 bridgehead atoms. The minimum atomic E-state index is -1.06. The first-order valence-electron chi connectivity index (χ1n) is 6.52. The van der Waals surface area contributed by atoms with Gasteiger partial charge in [0.2, 0.25) is 5.91 Å². The lowest BCUT2D eigenvalue weighted by molar-refractivity contribution is -0.117. The number of fused-ring (bicyclic) bond motifs is 1. The van der Waals surface area contributed by atoms with Gasteiger partial charge in [0.1, 0.15) is 0 Å². The molecule has 2 aliphatic rings. The predicted molar refractivity (Wildman–Crippen MR) is 71.1 cm³/mol. The zero-order valence-electron chi connectivity index (χ0n) is 10.8. The number of anilines is 1. The maximum Gasteiger partial charge on any atom is 0.231 e. The van der Waals surface area contributed by atoms with E-state index < -0.39 is 11.6 Å². The lowest BCUT2D eigenvalue weighted by Gasteiger charge is -2.17. The Morgan fingerprint density at radius 1 is 1.00 bits per heavy atom. The number of halogens is 2. The molecule has 2 aliphatic heterocycles. The second kappa shape index (κ2) is 3.97. The molecule has 2 aromatic rings. The number of ketones is 1. The number of benzene rings is 2. The van der Waals surface area contributed by atoms with Crippen LogP contribution in [0.1, 0.15) is 27.0 Å². The van der Waals surface area contributed by atoms with Gasteiger partial charge in [-0.25, -0.2) is 8.78 Å². The molecule has 0 unspecified atom stereocenters. The highest BCUT2D eigenvalue weighted by molar-refractivity contribution is 6.18. The number of amides is 1. The van der Waals surface area contributed by atoms with Crippen LogP contribution in [0.4, 0.5) is 14.5 Å². The standard InChI is InChI=1S/C16H9F2NO2/c17-12-5-4-9-11(14(12)18)7-19-13(20)6-8-2-1-3-10(15(8)19)16(9)21/h1-5H,6-7H2. The van der Waals surface area contributed by atoms with Crippen molar-refractivity contribution in [1.29, 1.82) is 0 Å². The fraction of sp³-hybridized carbons (Fsp3) is 0.125. The van der Waals surface area contributed by atoms with Crippen molar-refractivity contribution in [3.05, 3.63) is 64.2 Å². The number of hydrogen-bond acceptors (Lipinski definition) is 2. The van der Waals surface area contributed by atoms with Gasteiger partial charge in [-0.1, -0.05) is 12.1 Å². The minimum Gasteiger partial charge on any atom is -0.307 e. The third-order valence-electron chi connectivity index (χ3n) is 4.03. The number of hydrogen-bond donors (Lipinski definition) is 0. The molecule has 1 amide bonds. The van der Waals surface area contributed by atoms with Gasteiger partial charge in [-0.15, -0.1) is 0 Å². The zero-order valence-corrected chi connectivity index (χ0v) is 10.8. The van der Waals surface area contributed by atoms with Gasteiger partial charge in [-0.3, -0.25) is 9.59 Å². The Morgan fingerprint density at radius 3 is 2.62 bits per heavy atom. The molecule has 21 heavy (non-hydrogen) atoms. The van der Waals surface area contributed by atoms with Gasteiger partial charge in [0.05, 0.1) is 18.7 Å². The van der Waals surface area contributed by atoms with Crippen molar-refractivity contribution in [3.63, 3.8) is 0 Å². The Labute approximate surface area is 118 Å². The molecular formula is C16H9F2NO2. The molecule has 0 saturated heterocycles. The lowest BCUT2D eigenvalue weighted by Crippen LogP contribution is -2.26. The van der Waals surface area contributed by atoms with Crippen LogP contribution in [-0.4, -0.2) is 11.7 Å². The van der Waals surface area contributed by atoms with Crippen LogP contribution in [0.25, 0.3) is 0 Å². The number of carbonyl (C=O) groups excluding carboxylic acids is 2. The molecule has 5 heteroatoms. The summed E-state index contributed by atoms with van der Waals surface area (Å²) in [6.07, 6.45) is 0.183. The van der Waals surface area contributed by atoms with Gasteiger partial charge in [0.15, 0.2) is 17.4 Å². The van der Waals surface area contributed by atoms with E-state index in [2.05, 4.69) is 0 Å². The van der Waals surface area contributed by atoms with E-state index in [9.17, 15) is 18.4 Å². The van der Waals surface area contributed by atoms with E-state index >= 15 is 0 Å². The molecule has 0 aromatic heterocycles.